The van der Waals surface area contributed by atoms with Crippen molar-refractivity contribution in [2.75, 3.05) is 13.2 Å². The van der Waals surface area contributed by atoms with Crippen LogP contribution in [0.15, 0.2) is 60.7 Å². The van der Waals surface area contributed by atoms with Crippen LogP contribution in [0.2, 0.25) is 0 Å². The number of carboxylic acids is 1. The van der Waals surface area contributed by atoms with E-state index >= 15 is 0 Å². The Hall–Kier alpha value is -3.41. The molecule has 3 aromatic rings. The van der Waals surface area contributed by atoms with E-state index in [0.717, 1.165) is 16.7 Å². The molecule has 11 heteroatoms. The van der Waals surface area contributed by atoms with Crippen molar-refractivity contribution in [3.63, 3.8) is 0 Å². The largest absolute Gasteiger partial charge is 0.478 e. The van der Waals surface area contributed by atoms with Crippen LogP contribution < -0.4 is 5.32 Å². The lowest BCUT2D eigenvalue weighted by atomic mass is 9.92. The minimum atomic E-state index is -4.93. The van der Waals surface area contributed by atoms with Gasteiger partial charge >= 0.3 is 18.3 Å². The number of alkyl halides is 6. The lowest BCUT2D eigenvalue weighted by molar-refractivity contribution is -0.143. The summed E-state index contributed by atoms with van der Waals surface area (Å²) in [6, 6.07) is 13.9. The molecule has 0 heterocycles. The average molecular weight is 598 g/mol. The normalized spacial score (nSPS) is 14.1. The Morgan fingerprint density at radius 1 is 0.929 bits per heavy atom. The van der Waals surface area contributed by atoms with E-state index in [4.69, 9.17) is 4.74 Å². The maximum Gasteiger partial charge on any atom is 0.416 e. The molecule has 228 valence electrons. The second kappa shape index (κ2) is 12.8. The zero-order valence-corrected chi connectivity index (χ0v) is 23.5. The molecule has 3 N–H and O–H groups in total. The van der Waals surface area contributed by atoms with Gasteiger partial charge in [0.15, 0.2) is 0 Å². The van der Waals surface area contributed by atoms with E-state index in [1.165, 1.54) is 6.07 Å². The van der Waals surface area contributed by atoms with Crippen LogP contribution in [0.25, 0.3) is 11.1 Å². The Kier molecular flexibility index (Phi) is 10.1. The van der Waals surface area contributed by atoms with Gasteiger partial charge in [-0.25, -0.2) is 4.79 Å². The minimum absolute atomic E-state index is 0.0255. The molecule has 1 unspecified atom stereocenters. The highest BCUT2D eigenvalue weighted by Gasteiger charge is 2.37. The summed E-state index contributed by atoms with van der Waals surface area (Å²) in [6.07, 6.45) is -11.5. The summed E-state index contributed by atoms with van der Waals surface area (Å²) >= 11 is 0. The fourth-order valence-electron chi connectivity index (χ4n) is 4.68. The first-order valence-corrected chi connectivity index (χ1v) is 13.1. The smallest absolute Gasteiger partial charge is 0.416 e. The number of aliphatic hydroxyl groups is 1. The first kappa shape index (κ1) is 33.1. The zero-order valence-electron chi connectivity index (χ0n) is 23.5. The van der Waals surface area contributed by atoms with Gasteiger partial charge < -0.3 is 20.3 Å². The number of halogens is 6. The number of hydrogen-bond donors (Lipinski definition) is 3. The molecule has 5 nitrogen and oxygen atoms in total. The highest BCUT2D eigenvalue weighted by molar-refractivity contribution is 5.90. The van der Waals surface area contributed by atoms with Gasteiger partial charge in [-0.15, -0.1) is 0 Å². The summed E-state index contributed by atoms with van der Waals surface area (Å²) in [5.41, 5.74) is -0.596. The Morgan fingerprint density at radius 2 is 1.52 bits per heavy atom. The molecule has 3 aromatic carbocycles. The number of carboxylic acid groups (broad SMARTS) is 1. The number of hydrogen-bond acceptors (Lipinski definition) is 4. The molecule has 0 bridgehead atoms. The van der Waals surface area contributed by atoms with Gasteiger partial charge in [-0.3, -0.25) is 0 Å². The van der Waals surface area contributed by atoms with Crippen molar-refractivity contribution in [3.05, 3.63) is 94.0 Å². The lowest BCUT2D eigenvalue weighted by Crippen LogP contribution is -2.46. The average Bonchev–Trinajstić information content (AvgIpc) is 2.89. The number of ether oxygens (including phenoxy) is 1. The molecule has 0 saturated carbocycles. The molecule has 0 aliphatic carbocycles. The molecule has 0 spiro atoms. The molecule has 0 aliphatic rings. The molecule has 0 aliphatic heterocycles. The number of benzene rings is 3. The van der Waals surface area contributed by atoms with E-state index in [9.17, 15) is 41.4 Å². The number of carbonyl (C=O) groups is 1. The first-order chi connectivity index (χ1) is 19.4. The second-order valence-corrected chi connectivity index (χ2v) is 10.9. The Morgan fingerprint density at radius 3 is 2.07 bits per heavy atom. The van der Waals surface area contributed by atoms with Gasteiger partial charge in [0.2, 0.25) is 0 Å². The van der Waals surface area contributed by atoms with Crippen LogP contribution in [0.5, 0.6) is 0 Å². The Balaban J connectivity index is 1.64. The van der Waals surface area contributed by atoms with E-state index < -0.39 is 47.2 Å². The highest BCUT2D eigenvalue weighted by atomic mass is 19.4. The van der Waals surface area contributed by atoms with Gasteiger partial charge in [0, 0.05) is 12.1 Å². The zero-order chi connectivity index (χ0) is 31.5. The van der Waals surface area contributed by atoms with E-state index in [1.807, 2.05) is 24.3 Å². The summed E-state index contributed by atoms with van der Waals surface area (Å²) in [5, 5.41) is 22.9. The van der Waals surface area contributed by atoms with E-state index in [-0.39, 0.29) is 36.8 Å². The van der Waals surface area contributed by atoms with Crippen LogP contribution in [0.4, 0.5) is 26.3 Å². The SMILES string of the molecule is Cc1cc(-c2ccccc2C(C)OC[C@@H](O)CNC(C)(C)Cc2cc(C(F)(F)F)cc(C(F)(F)F)c2)ccc1C(=O)O. The van der Waals surface area contributed by atoms with Crippen molar-refractivity contribution >= 4 is 5.97 Å². The van der Waals surface area contributed by atoms with Crippen LogP contribution in [0, 0.1) is 6.92 Å². The highest BCUT2D eigenvalue weighted by Crippen LogP contribution is 2.37. The third-order valence-corrected chi connectivity index (χ3v) is 6.81. The third-order valence-electron chi connectivity index (χ3n) is 6.81. The second-order valence-electron chi connectivity index (χ2n) is 10.9. The number of rotatable bonds is 11. The molecule has 0 aromatic heterocycles. The van der Waals surface area contributed by atoms with Gasteiger partial charge in [0.1, 0.15) is 0 Å². The van der Waals surface area contributed by atoms with Crippen molar-refractivity contribution in [1.29, 1.82) is 0 Å². The number of β-amino-alcohol motifs (C(OH)–C–C–N with tert-alkyl or cyclic N) is 1. The van der Waals surface area contributed by atoms with Crippen LogP contribution in [0.1, 0.15) is 65.1 Å². The van der Waals surface area contributed by atoms with Gasteiger partial charge in [-0.2, -0.15) is 26.3 Å². The molecule has 0 radical (unpaired) electrons. The molecular weight excluding hydrogens is 564 g/mol. The number of aromatic carboxylic acids is 1. The topological polar surface area (TPSA) is 78.8 Å². The van der Waals surface area contributed by atoms with Gasteiger partial charge in [0.05, 0.1) is 35.5 Å². The summed E-state index contributed by atoms with van der Waals surface area (Å²) < 4.78 is 85.3. The van der Waals surface area contributed by atoms with Crippen LogP contribution in [-0.2, 0) is 23.5 Å². The maximum absolute atomic E-state index is 13.2. The predicted molar refractivity (Wildman–Crippen MR) is 146 cm³/mol. The summed E-state index contributed by atoms with van der Waals surface area (Å²) in [7, 11) is 0. The van der Waals surface area contributed by atoms with Crippen molar-refractivity contribution in [2.24, 2.45) is 0 Å². The monoisotopic (exact) mass is 597 g/mol. The molecular formula is C31H33F6NO4. The van der Waals surface area contributed by atoms with Crippen LogP contribution in [0.3, 0.4) is 0 Å². The van der Waals surface area contributed by atoms with Crippen LogP contribution in [-0.4, -0.2) is 41.0 Å². The van der Waals surface area contributed by atoms with Gasteiger partial charge in [-0.05, 0) is 86.2 Å². The van der Waals surface area contributed by atoms with Gasteiger partial charge in [0.25, 0.3) is 0 Å². The van der Waals surface area contributed by atoms with E-state index in [1.54, 1.807) is 39.8 Å². The minimum Gasteiger partial charge on any atom is -0.478 e. The molecule has 3 rings (SSSR count). The van der Waals surface area contributed by atoms with Crippen LogP contribution >= 0.6 is 0 Å². The molecule has 0 amide bonds. The fourth-order valence-corrected chi connectivity index (χ4v) is 4.68. The van der Waals surface area contributed by atoms with Crippen molar-refractivity contribution in [1.82, 2.24) is 5.32 Å². The quantitative estimate of drug-likeness (QED) is 0.200. The number of aryl methyl sites for hydroxylation is 1. The molecule has 0 saturated heterocycles. The summed E-state index contributed by atoms with van der Waals surface area (Å²) in [5.74, 6) is -1.02. The standard InChI is InChI=1S/C31H33F6NO4/c1-18-11-21(9-10-25(18)28(40)41)27-8-6-5-7-26(27)19(2)42-17-24(39)16-38-29(3,4)15-20-12-22(30(32,33)34)14-23(13-20)31(35,36)37/h5-14,19,24,38-39H,15-17H2,1-4H3,(H,40,41)/t19?,24-/m0/s1. The van der Waals surface area contributed by atoms with Crippen molar-refractivity contribution in [2.45, 2.75) is 64.2 Å². The van der Waals surface area contributed by atoms with Gasteiger partial charge in [-0.1, -0.05) is 36.4 Å². The van der Waals surface area contributed by atoms with E-state index in [2.05, 4.69) is 5.32 Å². The van der Waals surface area contributed by atoms with Crippen molar-refractivity contribution in [3.8, 4) is 11.1 Å². The maximum atomic E-state index is 13.2. The first-order valence-electron chi connectivity index (χ1n) is 13.1. The summed E-state index contributed by atoms with van der Waals surface area (Å²) in [6.45, 7) is 6.62. The van der Waals surface area contributed by atoms with Crippen molar-refractivity contribution < 1.29 is 46.1 Å². The Labute approximate surface area is 240 Å². The molecule has 42 heavy (non-hydrogen) atoms. The predicted octanol–water partition coefficient (Wildman–Crippen LogP) is 7.45. The number of nitrogens with one attached hydrogen (secondary N) is 1. The molecule has 2 atom stereocenters. The Bertz CT molecular complexity index is 1370. The summed E-state index contributed by atoms with van der Waals surface area (Å²) in [4.78, 5) is 11.4. The fraction of sp³-hybridized carbons (Fsp3) is 0.387. The number of aliphatic hydroxyl groups excluding tert-OH is 1. The molecule has 0 fully saturated rings. The third kappa shape index (κ3) is 8.80. The lowest BCUT2D eigenvalue weighted by Gasteiger charge is -2.29. The van der Waals surface area contributed by atoms with E-state index in [0.29, 0.717) is 17.7 Å².